The van der Waals surface area contributed by atoms with Crippen molar-refractivity contribution in [2.45, 2.75) is 45.4 Å². The van der Waals surface area contributed by atoms with Gasteiger partial charge in [-0.05, 0) is 72.6 Å². The molecule has 3 rings (SSSR count). The van der Waals surface area contributed by atoms with Crippen molar-refractivity contribution in [1.82, 2.24) is 0 Å². The van der Waals surface area contributed by atoms with E-state index in [9.17, 15) is 0 Å². The van der Waals surface area contributed by atoms with Crippen LogP contribution in [0.1, 0.15) is 49.3 Å². The largest absolute Gasteiger partial charge is 0.490 e. The molecule has 0 aromatic heterocycles. The molecule has 0 spiro atoms. The van der Waals surface area contributed by atoms with Gasteiger partial charge in [-0.15, -0.1) is 0 Å². The van der Waals surface area contributed by atoms with E-state index in [4.69, 9.17) is 9.47 Å². The average molecular weight is 310 g/mol. The van der Waals surface area contributed by atoms with Crippen LogP contribution in [-0.2, 0) is 12.8 Å². The van der Waals surface area contributed by atoms with Gasteiger partial charge in [-0.25, -0.2) is 0 Å². The van der Waals surface area contributed by atoms with E-state index in [1.54, 1.807) is 0 Å². The smallest absolute Gasteiger partial charge is 0.122 e. The van der Waals surface area contributed by atoms with Gasteiger partial charge in [0.15, 0.2) is 0 Å². The standard InChI is InChI=1S/C21H26O2/c1-16(2)17-7-10-20(11-8-17)22-13-14-23-21-12-9-18-5-3-4-6-19(18)15-21/h7-12,15-16H,3-6,13-14H2,1-2H3. The third-order valence-electron chi connectivity index (χ3n) is 4.49. The van der Waals surface area contributed by atoms with E-state index in [1.807, 2.05) is 12.1 Å². The summed E-state index contributed by atoms with van der Waals surface area (Å²) in [5, 5.41) is 0. The predicted molar refractivity (Wildman–Crippen MR) is 94.6 cm³/mol. The highest BCUT2D eigenvalue weighted by Crippen LogP contribution is 2.25. The van der Waals surface area contributed by atoms with E-state index in [0.717, 1.165) is 11.5 Å². The summed E-state index contributed by atoms with van der Waals surface area (Å²) < 4.78 is 11.6. The van der Waals surface area contributed by atoms with Crippen molar-refractivity contribution < 1.29 is 9.47 Å². The Kier molecular flexibility index (Phi) is 5.22. The number of fused-ring (bicyclic) bond motifs is 1. The van der Waals surface area contributed by atoms with Crippen molar-refractivity contribution in [2.24, 2.45) is 0 Å². The van der Waals surface area contributed by atoms with Gasteiger partial charge in [-0.2, -0.15) is 0 Å². The molecule has 0 saturated carbocycles. The number of ether oxygens (including phenoxy) is 2. The molecule has 2 aromatic rings. The fourth-order valence-corrected chi connectivity index (χ4v) is 3.07. The topological polar surface area (TPSA) is 18.5 Å². The van der Waals surface area contributed by atoms with Crippen LogP contribution < -0.4 is 9.47 Å². The average Bonchev–Trinajstić information content (AvgIpc) is 2.59. The molecule has 0 N–H and O–H groups in total. The molecule has 0 bridgehead atoms. The van der Waals surface area contributed by atoms with Crippen molar-refractivity contribution >= 4 is 0 Å². The second-order valence-corrected chi connectivity index (χ2v) is 6.56. The van der Waals surface area contributed by atoms with Crippen LogP contribution in [0.3, 0.4) is 0 Å². The summed E-state index contributed by atoms with van der Waals surface area (Å²) in [7, 11) is 0. The summed E-state index contributed by atoms with van der Waals surface area (Å²) in [6, 6.07) is 14.8. The highest BCUT2D eigenvalue weighted by atomic mass is 16.5. The van der Waals surface area contributed by atoms with E-state index < -0.39 is 0 Å². The van der Waals surface area contributed by atoms with Gasteiger partial charge >= 0.3 is 0 Å². The van der Waals surface area contributed by atoms with Crippen molar-refractivity contribution in [1.29, 1.82) is 0 Å². The Morgan fingerprint density at radius 2 is 1.39 bits per heavy atom. The van der Waals surface area contributed by atoms with Crippen molar-refractivity contribution in [3.8, 4) is 11.5 Å². The minimum absolute atomic E-state index is 0.552. The van der Waals surface area contributed by atoms with Gasteiger partial charge in [0.05, 0.1) is 0 Å². The molecule has 2 aromatic carbocycles. The maximum absolute atomic E-state index is 5.83. The first kappa shape index (κ1) is 15.9. The number of hydrogen-bond donors (Lipinski definition) is 0. The summed E-state index contributed by atoms with van der Waals surface area (Å²) in [6.45, 7) is 5.54. The summed E-state index contributed by atoms with van der Waals surface area (Å²) in [5.74, 6) is 2.42. The van der Waals surface area contributed by atoms with E-state index in [0.29, 0.717) is 19.1 Å². The quantitative estimate of drug-likeness (QED) is 0.687. The van der Waals surface area contributed by atoms with E-state index in [-0.39, 0.29) is 0 Å². The second kappa shape index (κ2) is 7.54. The lowest BCUT2D eigenvalue weighted by Gasteiger charge is -2.17. The molecule has 0 heterocycles. The fourth-order valence-electron chi connectivity index (χ4n) is 3.07. The molecule has 0 fully saturated rings. The molecule has 2 nitrogen and oxygen atoms in total. The fraction of sp³-hybridized carbons (Fsp3) is 0.429. The van der Waals surface area contributed by atoms with Crippen molar-refractivity contribution in [3.05, 3.63) is 59.2 Å². The van der Waals surface area contributed by atoms with Gasteiger partial charge in [0.1, 0.15) is 24.7 Å². The number of hydrogen-bond acceptors (Lipinski definition) is 2. The molecule has 0 aliphatic heterocycles. The number of benzene rings is 2. The SMILES string of the molecule is CC(C)c1ccc(OCCOc2ccc3c(c2)CCCC3)cc1. The highest BCUT2D eigenvalue weighted by Gasteiger charge is 2.09. The first-order valence-corrected chi connectivity index (χ1v) is 8.70. The Hall–Kier alpha value is -1.96. The molecule has 0 amide bonds. The van der Waals surface area contributed by atoms with Crippen LogP contribution in [0.5, 0.6) is 11.5 Å². The lowest BCUT2D eigenvalue weighted by molar-refractivity contribution is 0.217. The molecule has 0 radical (unpaired) electrons. The monoisotopic (exact) mass is 310 g/mol. The minimum atomic E-state index is 0.552. The summed E-state index contributed by atoms with van der Waals surface area (Å²) in [4.78, 5) is 0. The number of rotatable bonds is 6. The maximum atomic E-state index is 5.83. The Bertz CT molecular complexity index is 629. The molecule has 0 saturated heterocycles. The minimum Gasteiger partial charge on any atom is -0.490 e. The normalized spacial score (nSPS) is 13.7. The second-order valence-electron chi connectivity index (χ2n) is 6.56. The molecule has 1 aliphatic carbocycles. The molecule has 0 atom stereocenters. The summed E-state index contributed by atoms with van der Waals surface area (Å²) in [5.41, 5.74) is 4.28. The van der Waals surface area contributed by atoms with Crippen molar-refractivity contribution in [3.63, 3.8) is 0 Å². The van der Waals surface area contributed by atoms with E-state index >= 15 is 0 Å². The first-order chi connectivity index (χ1) is 11.2. The molecule has 1 aliphatic rings. The predicted octanol–water partition coefficient (Wildman–Crippen LogP) is 5.15. The zero-order chi connectivity index (χ0) is 16.1. The van der Waals surface area contributed by atoms with Gasteiger partial charge in [0, 0.05) is 0 Å². The Balaban J connectivity index is 1.46. The lowest BCUT2D eigenvalue weighted by Crippen LogP contribution is -2.10. The molecular weight excluding hydrogens is 284 g/mol. The van der Waals surface area contributed by atoms with Crippen LogP contribution in [0.2, 0.25) is 0 Å². The highest BCUT2D eigenvalue weighted by molar-refractivity contribution is 5.37. The van der Waals surface area contributed by atoms with Gasteiger partial charge in [0.25, 0.3) is 0 Å². The summed E-state index contributed by atoms with van der Waals surface area (Å²) in [6.07, 6.45) is 5.01. The third-order valence-corrected chi connectivity index (χ3v) is 4.49. The Morgan fingerprint density at radius 1 is 0.783 bits per heavy atom. The van der Waals surface area contributed by atoms with Crippen molar-refractivity contribution in [2.75, 3.05) is 13.2 Å². The zero-order valence-electron chi connectivity index (χ0n) is 14.2. The summed E-state index contributed by atoms with van der Waals surface area (Å²) >= 11 is 0. The van der Waals surface area contributed by atoms with Crippen LogP contribution in [-0.4, -0.2) is 13.2 Å². The molecule has 2 heteroatoms. The van der Waals surface area contributed by atoms with Crippen LogP contribution in [0, 0.1) is 0 Å². The third kappa shape index (κ3) is 4.28. The molecule has 0 unspecified atom stereocenters. The number of aryl methyl sites for hydroxylation is 2. The van der Waals surface area contributed by atoms with E-state index in [2.05, 4.69) is 44.2 Å². The van der Waals surface area contributed by atoms with Crippen LogP contribution in [0.15, 0.2) is 42.5 Å². The first-order valence-electron chi connectivity index (χ1n) is 8.70. The Morgan fingerprint density at radius 3 is 2.09 bits per heavy atom. The van der Waals surface area contributed by atoms with Gasteiger partial charge in [0.2, 0.25) is 0 Å². The van der Waals surface area contributed by atoms with Gasteiger partial charge < -0.3 is 9.47 Å². The van der Waals surface area contributed by atoms with Gasteiger partial charge in [-0.3, -0.25) is 0 Å². The van der Waals surface area contributed by atoms with Gasteiger partial charge in [-0.1, -0.05) is 32.0 Å². The zero-order valence-corrected chi connectivity index (χ0v) is 14.2. The van der Waals surface area contributed by atoms with Crippen LogP contribution in [0.4, 0.5) is 0 Å². The molecule has 23 heavy (non-hydrogen) atoms. The van der Waals surface area contributed by atoms with E-state index in [1.165, 1.54) is 42.4 Å². The van der Waals surface area contributed by atoms with Crippen LogP contribution >= 0.6 is 0 Å². The molecule has 122 valence electrons. The van der Waals surface area contributed by atoms with Crippen LogP contribution in [0.25, 0.3) is 0 Å². The maximum Gasteiger partial charge on any atom is 0.122 e. The molecular formula is C21H26O2. The Labute approximate surface area is 139 Å². The lowest BCUT2D eigenvalue weighted by atomic mass is 9.92.